The quantitative estimate of drug-likeness (QED) is 0.737. The van der Waals surface area contributed by atoms with Gasteiger partial charge in [0.1, 0.15) is 0 Å². The van der Waals surface area contributed by atoms with E-state index in [1.54, 1.807) is 10.9 Å². The fourth-order valence-electron chi connectivity index (χ4n) is 1.71. The maximum absolute atomic E-state index is 9.49. The van der Waals surface area contributed by atoms with E-state index in [0.29, 0.717) is 6.54 Å². The molecule has 0 aliphatic rings. The van der Waals surface area contributed by atoms with Crippen LogP contribution in [0.25, 0.3) is 0 Å². The molecule has 1 unspecified atom stereocenters. The van der Waals surface area contributed by atoms with E-state index in [1.165, 1.54) is 0 Å². The summed E-state index contributed by atoms with van der Waals surface area (Å²) in [6.07, 6.45) is 4.75. The standard InChI is InChI=1S/C13H25N3O2/c1-5-6-14-13(4,10-17)9-16-8-12(7-15-16)18-11(2)3/h7-8,11,14,17H,5-6,9-10H2,1-4H3. The van der Waals surface area contributed by atoms with Crippen LogP contribution in [-0.2, 0) is 6.54 Å². The highest BCUT2D eigenvalue weighted by molar-refractivity contribution is 5.12. The van der Waals surface area contributed by atoms with Gasteiger partial charge in [0, 0.05) is 0 Å². The summed E-state index contributed by atoms with van der Waals surface area (Å²) in [7, 11) is 0. The molecule has 2 N–H and O–H groups in total. The van der Waals surface area contributed by atoms with Crippen LogP contribution < -0.4 is 10.1 Å². The zero-order valence-electron chi connectivity index (χ0n) is 11.8. The molecule has 18 heavy (non-hydrogen) atoms. The van der Waals surface area contributed by atoms with Gasteiger partial charge in [0.25, 0.3) is 0 Å². The summed E-state index contributed by atoms with van der Waals surface area (Å²) in [4.78, 5) is 0. The third-order valence-corrected chi connectivity index (χ3v) is 2.64. The summed E-state index contributed by atoms with van der Waals surface area (Å²) < 4.78 is 7.36. The van der Waals surface area contributed by atoms with Crippen LogP contribution in [0.15, 0.2) is 12.4 Å². The van der Waals surface area contributed by atoms with Crippen LogP contribution in [0, 0.1) is 0 Å². The topological polar surface area (TPSA) is 59.3 Å². The molecule has 5 heteroatoms. The van der Waals surface area contributed by atoms with Crippen LogP contribution in [0.5, 0.6) is 5.75 Å². The van der Waals surface area contributed by atoms with Crippen molar-refractivity contribution >= 4 is 0 Å². The van der Waals surface area contributed by atoms with Crippen LogP contribution in [0.4, 0.5) is 0 Å². The molecule has 0 aliphatic heterocycles. The molecule has 1 aromatic heterocycles. The van der Waals surface area contributed by atoms with Crippen molar-refractivity contribution in [3.8, 4) is 5.75 Å². The second-order valence-corrected chi connectivity index (χ2v) is 5.19. The highest BCUT2D eigenvalue weighted by Gasteiger charge is 2.23. The van der Waals surface area contributed by atoms with E-state index in [0.717, 1.165) is 18.7 Å². The number of hydrogen-bond acceptors (Lipinski definition) is 4. The summed E-state index contributed by atoms with van der Waals surface area (Å²) >= 11 is 0. The van der Waals surface area contributed by atoms with Crippen molar-refractivity contribution in [1.82, 2.24) is 15.1 Å². The second kappa shape index (κ2) is 6.75. The van der Waals surface area contributed by atoms with Crippen molar-refractivity contribution in [2.45, 2.75) is 52.3 Å². The number of rotatable bonds is 8. The molecule has 1 heterocycles. The van der Waals surface area contributed by atoms with E-state index < -0.39 is 0 Å². The van der Waals surface area contributed by atoms with Crippen molar-refractivity contribution in [3.05, 3.63) is 12.4 Å². The van der Waals surface area contributed by atoms with Gasteiger partial charge in [0.2, 0.25) is 0 Å². The Balaban J connectivity index is 2.61. The van der Waals surface area contributed by atoms with Gasteiger partial charge >= 0.3 is 0 Å². The summed E-state index contributed by atoms with van der Waals surface area (Å²) in [6, 6.07) is 0. The smallest absolute Gasteiger partial charge is 0.157 e. The Bertz CT molecular complexity index is 352. The first-order valence-electron chi connectivity index (χ1n) is 6.54. The van der Waals surface area contributed by atoms with Crippen LogP contribution in [0.3, 0.4) is 0 Å². The monoisotopic (exact) mass is 255 g/mol. The lowest BCUT2D eigenvalue weighted by Gasteiger charge is -2.28. The van der Waals surface area contributed by atoms with Gasteiger partial charge in [-0.25, -0.2) is 0 Å². The molecular weight excluding hydrogens is 230 g/mol. The first kappa shape index (κ1) is 15.0. The Morgan fingerprint density at radius 1 is 1.56 bits per heavy atom. The lowest BCUT2D eigenvalue weighted by molar-refractivity contribution is 0.153. The molecule has 0 fully saturated rings. The van der Waals surface area contributed by atoms with E-state index >= 15 is 0 Å². The molecule has 0 aromatic carbocycles. The number of ether oxygens (including phenoxy) is 1. The van der Waals surface area contributed by atoms with E-state index in [4.69, 9.17) is 4.74 Å². The number of nitrogens with one attached hydrogen (secondary N) is 1. The summed E-state index contributed by atoms with van der Waals surface area (Å²) in [5, 5.41) is 17.1. The van der Waals surface area contributed by atoms with E-state index in [1.807, 2.05) is 27.0 Å². The molecule has 0 aliphatic carbocycles. The average Bonchev–Trinajstić information content (AvgIpc) is 2.73. The lowest BCUT2D eigenvalue weighted by Crippen LogP contribution is -2.49. The maximum atomic E-state index is 9.49. The third kappa shape index (κ3) is 4.66. The molecule has 0 spiro atoms. The van der Waals surface area contributed by atoms with Gasteiger partial charge < -0.3 is 15.2 Å². The minimum atomic E-state index is -0.350. The molecule has 5 nitrogen and oxygen atoms in total. The van der Waals surface area contributed by atoms with E-state index in [-0.39, 0.29) is 18.2 Å². The molecule has 0 radical (unpaired) electrons. The summed E-state index contributed by atoms with van der Waals surface area (Å²) in [5.41, 5.74) is -0.350. The van der Waals surface area contributed by atoms with Crippen molar-refractivity contribution in [2.75, 3.05) is 13.2 Å². The normalized spacial score (nSPS) is 14.8. The molecule has 0 saturated heterocycles. The molecule has 0 saturated carbocycles. The fraction of sp³-hybridized carbons (Fsp3) is 0.769. The minimum Gasteiger partial charge on any atom is -0.488 e. The predicted molar refractivity (Wildman–Crippen MR) is 71.8 cm³/mol. The van der Waals surface area contributed by atoms with Gasteiger partial charge in [0.15, 0.2) is 5.75 Å². The maximum Gasteiger partial charge on any atom is 0.157 e. The van der Waals surface area contributed by atoms with Crippen molar-refractivity contribution in [1.29, 1.82) is 0 Å². The third-order valence-electron chi connectivity index (χ3n) is 2.64. The minimum absolute atomic E-state index is 0.0766. The van der Waals surface area contributed by atoms with Crippen LogP contribution >= 0.6 is 0 Å². The Hall–Kier alpha value is -1.07. The average molecular weight is 255 g/mol. The first-order valence-corrected chi connectivity index (χ1v) is 6.54. The van der Waals surface area contributed by atoms with Gasteiger partial charge in [-0.2, -0.15) is 5.10 Å². The van der Waals surface area contributed by atoms with Crippen LogP contribution in [0.2, 0.25) is 0 Å². The van der Waals surface area contributed by atoms with Crippen LogP contribution in [-0.4, -0.2) is 39.7 Å². The van der Waals surface area contributed by atoms with E-state index in [9.17, 15) is 5.11 Å². The van der Waals surface area contributed by atoms with Crippen molar-refractivity contribution in [3.63, 3.8) is 0 Å². The second-order valence-electron chi connectivity index (χ2n) is 5.19. The highest BCUT2D eigenvalue weighted by Crippen LogP contribution is 2.13. The highest BCUT2D eigenvalue weighted by atomic mass is 16.5. The predicted octanol–water partition coefficient (Wildman–Crippen LogP) is 1.42. The molecule has 0 amide bonds. The van der Waals surface area contributed by atoms with Gasteiger partial charge in [-0.15, -0.1) is 0 Å². The zero-order chi connectivity index (χ0) is 13.6. The number of aliphatic hydroxyl groups excluding tert-OH is 1. The fourth-order valence-corrected chi connectivity index (χ4v) is 1.71. The van der Waals surface area contributed by atoms with Crippen LogP contribution in [0.1, 0.15) is 34.1 Å². The Morgan fingerprint density at radius 2 is 2.28 bits per heavy atom. The number of aliphatic hydroxyl groups is 1. The molecular formula is C13H25N3O2. The van der Waals surface area contributed by atoms with Crippen molar-refractivity contribution in [2.24, 2.45) is 0 Å². The number of aromatic nitrogens is 2. The molecule has 104 valence electrons. The zero-order valence-corrected chi connectivity index (χ0v) is 11.8. The molecule has 0 bridgehead atoms. The first-order chi connectivity index (χ1) is 8.49. The Labute approximate surface area is 109 Å². The lowest BCUT2D eigenvalue weighted by atomic mass is 10.0. The largest absolute Gasteiger partial charge is 0.488 e. The van der Waals surface area contributed by atoms with E-state index in [2.05, 4.69) is 17.3 Å². The molecule has 1 atom stereocenters. The summed E-state index contributed by atoms with van der Waals surface area (Å²) in [5.74, 6) is 0.765. The Kier molecular flexibility index (Phi) is 5.62. The van der Waals surface area contributed by atoms with Gasteiger partial charge in [-0.1, -0.05) is 6.92 Å². The number of nitrogens with zero attached hydrogens (tertiary/aromatic N) is 2. The van der Waals surface area contributed by atoms with Crippen molar-refractivity contribution < 1.29 is 9.84 Å². The Morgan fingerprint density at radius 3 is 2.83 bits per heavy atom. The molecule has 1 aromatic rings. The SMILES string of the molecule is CCCNC(C)(CO)Cn1cc(OC(C)C)cn1. The number of hydrogen-bond donors (Lipinski definition) is 2. The summed E-state index contributed by atoms with van der Waals surface area (Å²) in [6.45, 7) is 9.64. The van der Waals surface area contributed by atoms with Gasteiger partial charge in [-0.05, 0) is 33.7 Å². The molecule has 1 rings (SSSR count). The van der Waals surface area contributed by atoms with Gasteiger partial charge in [0.05, 0.1) is 37.2 Å². The van der Waals surface area contributed by atoms with Gasteiger partial charge in [-0.3, -0.25) is 4.68 Å².